The fourth-order valence-electron chi connectivity index (χ4n) is 1.95. The average molecular weight is 233 g/mol. The number of rotatable bonds is 5. The number of benzene rings is 1. The molecule has 0 saturated carbocycles. The van der Waals surface area contributed by atoms with Crippen LogP contribution in [-0.4, -0.2) is 23.0 Å². The second kappa shape index (κ2) is 5.29. The summed E-state index contributed by atoms with van der Waals surface area (Å²) >= 11 is 0. The lowest BCUT2D eigenvalue weighted by Gasteiger charge is -2.09. The Morgan fingerprint density at radius 2 is 2.18 bits per heavy atom. The van der Waals surface area contributed by atoms with Gasteiger partial charge in [-0.1, -0.05) is 25.1 Å². The minimum atomic E-state index is -0.160. The first-order chi connectivity index (χ1) is 8.24. The van der Waals surface area contributed by atoms with Gasteiger partial charge in [0.1, 0.15) is 0 Å². The van der Waals surface area contributed by atoms with E-state index in [-0.39, 0.29) is 6.04 Å². The number of aromatic nitrogens is 2. The van der Waals surface area contributed by atoms with Crippen molar-refractivity contribution < 1.29 is 4.74 Å². The molecule has 1 aromatic heterocycles. The van der Waals surface area contributed by atoms with E-state index in [1.54, 1.807) is 0 Å². The molecule has 1 aromatic carbocycles. The Morgan fingerprint density at radius 1 is 1.41 bits per heavy atom. The monoisotopic (exact) mass is 233 g/mol. The predicted octanol–water partition coefficient (Wildman–Crippen LogP) is 2.00. The summed E-state index contributed by atoms with van der Waals surface area (Å²) in [7, 11) is 1.94. The first-order valence-electron chi connectivity index (χ1n) is 5.99. The highest BCUT2D eigenvalue weighted by molar-refractivity contribution is 5.82. The van der Waals surface area contributed by atoms with Gasteiger partial charge < -0.3 is 10.5 Å². The Hall–Kier alpha value is -1.39. The molecular formula is C13H19N3O. The lowest BCUT2D eigenvalue weighted by atomic mass is 10.1. The van der Waals surface area contributed by atoms with Crippen LogP contribution in [0.15, 0.2) is 24.3 Å². The highest BCUT2D eigenvalue weighted by Gasteiger charge is 2.14. The van der Waals surface area contributed by atoms with E-state index in [4.69, 9.17) is 10.5 Å². The van der Waals surface area contributed by atoms with Crippen molar-refractivity contribution in [2.45, 2.75) is 19.4 Å². The Labute approximate surface area is 101 Å². The lowest BCUT2D eigenvalue weighted by Crippen LogP contribution is -2.18. The third kappa shape index (κ3) is 2.48. The molecular weight excluding hydrogens is 214 g/mol. The van der Waals surface area contributed by atoms with Crippen LogP contribution in [0.5, 0.6) is 0 Å². The summed E-state index contributed by atoms with van der Waals surface area (Å²) in [6.45, 7) is 3.36. The third-order valence-electron chi connectivity index (χ3n) is 2.78. The van der Waals surface area contributed by atoms with Crippen molar-refractivity contribution in [3.8, 4) is 0 Å². The van der Waals surface area contributed by atoms with E-state index in [1.165, 1.54) is 0 Å². The normalized spacial score (nSPS) is 13.1. The van der Waals surface area contributed by atoms with Crippen molar-refractivity contribution in [3.05, 3.63) is 30.0 Å². The maximum Gasteiger partial charge on any atom is 0.0893 e. The molecule has 1 heterocycles. The zero-order valence-electron chi connectivity index (χ0n) is 10.4. The van der Waals surface area contributed by atoms with Crippen molar-refractivity contribution in [1.29, 1.82) is 0 Å². The number of hydrogen-bond donors (Lipinski definition) is 1. The molecule has 0 amide bonds. The van der Waals surface area contributed by atoms with E-state index in [2.05, 4.69) is 18.1 Å². The number of para-hydroxylation sites is 1. The van der Waals surface area contributed by atoms with E-state index in [0.29, 0.717) is 6.61 Å². The molecule has 2 aromatic rings. The van der Waals surface area contributed by atoms with Gasteiger partial charge in [-0.2, -0.15) is 5.10 Å². The zero-order chi connectivity index (χ0) is 12.3. The number of nitrogens with zero attached hydrogens (tertiary/aromatic N) is 2. The van der Waals surface area contributed by atoms with Gasteiger partial charge in [-0.05, 0) is 12.5 Å². The lowest BCUT2D eigenvalue weighted by molar-refractivity contribution is 0.121. The fourth-order valence-corrected chi connectivity index (χ4v) is 1.95. The molecule has 4 nitrogen and oxygen atoms in total. The smallest absolute Gasteiger partial charge is 0.0893 e. The summed E-state index contributed by atoms with van der Waals surface area (Å²) in [5.41, 5.74) is 8.14. The number of ether oxygens (including phenoxy) is 1. The minimum Gasteiger partial charge on any atom is -0.379 e. The molecule has 0 saturated heterocycles. The van der Waals surface area contributed by atoms with Crippen LogP contribution in [0.25, 0.3) is 10.9 Å². The topological polar surface area (TPSA) is 53.1 Å². The second-order valence-electron chi connectivity index (χ2n) is 4.21. The molecule has 0 bridgehead atoms. The molecule has 0 aliphatic heterocycles. The Balaban J connectivity index is 2.23. The molecule has 4 heteroatoms. The van der Waals surface area contributed by atoms with Crippen molar-refractivity contribution in [2.24, 2.45) is 12.8 Å². The molecule has 17 heavy (non-hydrogen) atoms. The van der Waals surface area contributed by atoms with E-state index in [9.17, 15) is 0 Å². The highest BCUT2D eigenvalue weighted by atomic mass is 16.5. The molecule has 1 unspecified atom stereocenters. The van der Waals surface area contributed by atoms with Crippen molar-refractivity contribution in [1.82, 2.24) is 9.78 Å². The van der Waals surface area contributed by atoms with Gasteiger partial charge in [0, 0.05) is 19.0 Å². The SMILES string of the molecule is CCCOCC(N)c1nn(C)c2ccccc12. The minimum absolute atomic E-state index is 0.160. The summed E-state index contributed by atoms with van der Waals surface area (Å²) in [5, 5.41) is 5.59. The predicted molar refractivity (Wildman–Crippen MR) is 68.8 cm³/mol. The van der Waals surface area contributed by atoms with Gasteiger partial charge in [0.05, 0.1) is 23.9 Å². The molecule has 2 N–H and O–H groups in total. The van der Waals surface area contributed by atoms with Crippen molar-refractivity contribution >= 4 is 10.9 Å². The quantitative estimate of drug-likeness (QED) is 0.804. The van der Waals surface area contributed by atoms with E-state index >= 15 is 0 Å². The molecule has 0 spiro atoms. The Kier molecular flexibility index (Phi) is 3.76. The van der Waals surface area contributed by atoms with Crippen LogP contribution in [0.4, 0.5) is 0 Å². The number of aryl methyl sites for hydroxylation is 1. The van der Waals surface area contributed by atoms with Gasteiger partial charge in [-0.25, -0.2) is 0 Å². The third-order valence-corrected chi connectivity index (χ3v) is 2.78. The first kappa shape index (κ1) is 12.1. The van der Waals surface area contributed by atoms with E-state index in [0.717, 1.165) is 29.6 Å². The van der Waals surface area contributed by atoms with E-state index < -0.39 is 0 Å². The Bertz CT molecular complexity index is 492. The van der Waals surface area contributed by atoms with Gasteiger partial charge >= 0.3 is 0 Å². The summed E-state index contributed by atoms with van der Waals surface area (Å²) in [5.74, 6) is 0. The number of nitrogens with two attached hydrogens (primary N) is 1. The Morgan fingerprint density at radius 3 is 2.94 bits per heavy atom. The fraction of sp³-hybridized carbons (Fsp3) is 0.462. The molecule has 0 fully saturated rings. The molecule has 2 rings (SSSR count). The summed E-state index contributed by atoms with van der Waals surface area (Å²) < 4.78 is 7.35. The largest absolute Gasteiger partial charge is 0.379 e. The zero-order valence-corrected chi connectivity index (χ0v) is 10.4. The summed E-state index contributed by atoms with van der Waals surface area (Å²) in [6, 6.07) is 7.95. The number of fused-ring (bicyclic) bond motifs is 1. The highest BCUT2D eigenvalue weighted by Crippen LogP contribution is 2.21. The molecule has 0 aliphatic carbocycles. The molecule has 0 aliphatic rings. The van der Waals surface area contributed by atoms with Crippen LogP contribution < -0.4 is 5.73 Å². The van der Waals surface area contributed by atoms with Crippen LogP contribution in [0.3, 0.4) is 0 Å². The maximum absolute atomic E-state index is 6.11. The number of hydrogen-bond acceptors (Lipinski definition) is 3. The standard InChI is InChI=1S/C13H19N3O/c1-3-8-17-9-11(14)13-10-6-4-5-7-12(10)16(2)15-13/h4-7,11H,3,8-9,14H2,1-2H3. The van der Waals surface area contributed by atoms with Crippen molar-refractivity contribution in [3.63, 3.8) is 0 Å². The second-order valence-corrected chi connectivity index (χ2v) is 4.21. The molecule has 1 atom stereocenters. The molecule has 0 radical (unpaired) electrons. The maximum atomic E-state index is 6.11. The molecule has 92 valence electrons. The van der Waals surface area contributed by atoms with Gasteiger partial charge in [-0.3, -0.25) is 4.68 Å². The van der Waals surface area contributed by atoms with Crippen LogP contribution in [0.1, 0.15) is 25.1 Å². The van der Waals surface area contributed by atoms with E-state index in [1.807, 2.05) is 29.9 Å². The van der Waals surface area contributed by atoms with Gasteiger partial charge in [0.25, 0.3) is 0 Å². The van der Waals surface area contributed by atoms with Gasteiger partial charge in [0.2, 0.25) is 0 Å². The summed E-state index contributed by atoms with van der Waals surface area (Å²) in [4.78, 5) is 0. The first-order valence-corrected chi connectivity index (χ1v) is 5.99. The van der Waals surface area contributed by atoms with Crippen LogP contribution in [0.2, 0.25) is 0 Å². The van der Waals surface area contributed by atoms with Crippen LogP contribution >= 0.6 is 0 Å². The van der Waals surface area contributed by atoms with Crippen LogP contribution in [-0.2, 0) is 11.8 Å². The van der Waals surface area contributed by atoms with Gasteiger partial charge in [0.15, 0.2) is 0 Å². The average Bonchev–Trinajstić information content (AvgIpc) is 2.68. The van der Waals surface area contributed by atoms with Gasteiger partial charge in [-0.15, -0.1) is 0 Å². The van der Waals surface area contributed by atoms with Crippen LogP contribution in [0, 0.1) is 0 Å². The van der Waals surface area contributed by atoms with Crippen molar-refractivity contribution in [2.75, 3.05) is 13.2 Å². The summed E-state index contributed by atoms with van der Waals surface area (Å²) in [6.07, 6.45) is 1.01.